The Hall–Kier alpha value is -2.40. The molecule has 5 heteroatoms. The number of benzene rings is 2. The lowest BCUT2D eigenvalue weighted by Crippen LogP contribution is -1.95. The van der Waals surface area contributed by atoms with Gasteiger partial charge < -0.3 is 10.5 Å². The Morgan fingerprint density at radius 3 is 1.94 bits per heavy atom. The van der Waals surface area contributed by atoms with E-state index < -0.39 is 4.92 Å². The van der Waals surface area contributed by atoms with Crippen molar-refractivity contribution in [1.82, 2.24) is 0 Å². The maximum atomic E-state index is 10.5. The van der Waals surface area contributed by atoms with Crippen molar-refractivity contribution in [3.8, 4) is 11.5 Å². The Kier molecular flexibility index (Phi) is 3.54. The first kappa shape index (κ1) is 12.1. The Bertz CT molecular complexity index is 535. The summed E-state index contributed by atoms with van der Waals surface area (Å²) in [6.07, 6.45) is 0. The molecule has 0 aromatic heterocycles. The zero-order chi connectivity index (χ0) is 13.0. The topological polar surface area (TPSA) is 78.4 Å². The maximum absolute atomic E-state index is 10.5. The number of nitro benzene ring substituents is 1. The van der Waals surface area contributed by atoms with Crippen molar-refractivity contribution in [2.75, 3.05) is 0 Å². The highest BCUT2D eigenvalue weighted by Crippen LogP contribution is 2.23. The normalized spacial score (nSPS) is 10.1. The van der Waals surface area contributed by atoms with E-state index in [1.807, 2.05) is 24.3 Å². The predicted molar refractivity (Wildman–Crippen MR) is 67.5 cm³/mol. The Labute approximate surface area is 104 Å². The first-order valence-corrected chi connectivity index (χ1v) is 5.40. The summed E-state index contributed by atoms with van der Waals surface area (Å²) >= 11 is 0. The summed E-state index contributed by atoms with van der Waals surface area (Å²) in [5.74, 6) is 1.22. The largest absolute Gasteiger partial charge is 0.457 e. The Morgan fingerprint density at radius 1 is 1.00 bits per heavy atom. The molecular weight excluding hydrogens is 232 g/mol. The van der Waals surface area contributed by atoms with Crippen molar-refractivity contribution >= 4 is 5.69 Å². The molecule has 2 aromatic rings. The van der Waals surface area contributed by atoms with Gasteiger partial charge in [-0.15, -0.1) is 0 Å². The highest BCUT2D eigenvalue weighted by molar-refractivity contribution is 5.39. The lowest BCUT2D eigenvalue weighted by atomic mass is 10.2. The molecule has 2 N–H and O–H groups in total. The van der Waals surface area contributed by atoms with Gasteiger partial charge in [0.2, 0.25) is 0 Å². The minimum atomic E-state index is -0.445. The summed E-state index contributed by atoms with van der Waals surface area (Å²) in [6, 6.07) is 13.3. The van der Waals surface area contributed by atoms with Crippen LogP contribution in [0.25, 0.3) is 0 Å². The van der Waals surface area contributed by atoms with Gasteiger partial charge in [-0.25, -0.2) is 0 Å². The number of hydrogen-bond donors (Lipinski definition) is 1. The summed E-state index contributed by atoms with van der Waals surface area (Å²) in [6.45, 7) is 0.484. The van der Waals surface area contributed by atoms with Gasteiger partial charge in [-0.1, -0.05) is 12.1 Å². The monoisotopic (exact) mass is 244 g/mol. The molecule has 0 fully saturated rings. The highest BCUT2D eigenvalue weighted by atomic mass is 16.6. The molecule has 0 atom stereocenters. The van der Waals surface area contributed by atoms with Gasteiger partial charge in [0.1, 0.15) is 11.5 Å². The molecule has 18 heavy (non-hydrogen) atoms. The Balaban J connectivity index is 2.10. The summed E-state index contributed by atoms with van der Waals surface area (Å²) in [5.41, 5.74) is 6.55. The zero-order valence-electron chi connectivity index (χ0n) is 9.58. The molecule has 0 bridgehead atoms. The van der Waals surface area contributed by atoms with Crippen molar-refractivity contribution < 1.29 is 9.66 Å². The van der Waals surface area contributed by atoms with E-state index in [-0.39, 0.29) is 5.69 Å². The van der Waals surface area contributed by atoms with Gasteiger partial charge in [-0.2, -0.15) is 0 Å². The molecule has 0 aliphatic heterocycles. The fourth-order valence-electron chi connectivity index (χ4n) is 1.47. The third-order valence-electron chi connectivity index (χ3n) is 2.44. The SMILES string of the molecule is NCc1ccc(Oc2ccc([N+](=O)[O-])cc2)cc1. The molecule has 92 valence electrons. The second kappa shape index (κ2) is 5.29. The molecule has 0 unspecified atom stereocenters. The van der Waals surface area contributed by atoms with Crippen LogP contribution in [0, 0.1) is 10.1 Å². The van der Waals surface area contributed by atoms with Gasteiger partial charge in [0.15, 0.2) is 0 Å². The van der Waals surface area contributed by atoms with Gasteiger partial charge in [0.25, 0.3) is 5.69 Å². The van der Waals surface area contributed by atoms with E-state index >= 15 is 0 Å². The fourth-order valence-corrected chi connectivity index (χ4v) is 1.47. The number of hydrogen-bond acceptors (Lipinski definition) is 4. The van der Waals surface area contributed by atoms with E-state index in [1.165, 1.54) is 12.1 Å². The highest BCUT2D eigenvalue weighted by Gasteiger charge is 2.04. The van der Waals surface area contributed by atoms with Gasteiger partial charge in [0, 0.05) is 18.7 Å². The summed E-state index contributed by atoms with van der Waals surface area (Å²) in [5, 5.41) is 10.5. The first-order valence-electron chi connectivity index (χ1n) is 5.40. The van der Waals surface area contributed by atoms with E-state index in [2.05, 4.69) is 0 Å². The van der Waals surface area contributed by atoms with Gasteiger partial charge in [0.05, 0.1) is 4.92 Å². The van der Waals surface area contributed by atoms with E-state index in [4.69, 9.17) is 10.5 Å². The van der Waals surface area contributed by atoms with Gasteiger partial charge in [-0.05, 0) is 29.8 Å². The summed E-state index contributed by atoms with van der Waals surface area (Å²) in [7, 11) is 0. The number of nitrogens with zero attached hydrogens (tertiary/aromatic N) is 1. The molecule has 0 aliphatic rings. The lowest BCUT2D eigenvalue weighted by molar-refractivity contribution is -0.384. The van der Waals surface area contributed by atoms with Gasteiger partial charge >= 0.3 is 0 Å². The lowest BCUT2D eigenvalue weighted by Gasteiger charge is -2.05. The molecule has 0 spiro atoms. The van der Waals surface area contributed by atoms with E-state index in [0.717, 1.165) is 5.56 Å². The predicted octanol–water partition coefficient (Wildman–Crippen LogP) is 2.85. The fraction of sp³-hybridized carbons (Fsp3) is 0.0769. The average Bonchev–Trinajstić information content (AvgIpc) is 2.40. The number of nitro groups is 1. The van der Waals surface area contributed by atoms with Crippen LogP contribution in [0.2, 0.25) is 0 Å². The van der Waals surface area contributed by atoms with Crippen molar-refractivity contribution in [3.63, 3.8) is 0 Å². The number of nitrogens with two attached hydrogens (primary N) is 1. The van der Waals surface area contributed by atoms with Crippen LogP contribution >= 0.6 is 0 Å². The van der Waals surface area contributed by atoms with Crippen LogP contribution in [0.3, 0.4) is 0 Å². The molecule has 0 saturated heterocycles. The second-order valence-corrected chi connectivity index (χ2v) is 3.70. The summed E-state index contributed by atoms with van der Waals surface area (Å²) in [4.78, 5) is 10.0. The van der Waals surface area contributed by atoms with Crippen LogP contribution in [0.5, 0.6) is 11.5 Å². The summed E-state index contributed by atoms with van der Waals surface area (Å²) < 4.78 is 5.55. The molecule has 0 saturated carbocycles. The standard InChI is InChI=1S/C13H12N2O3/c14-9-10-1-5-12(6-2-10)18-13-7-3-11(4-8-13)15(16)17/h1-8H,9,14H2. The number of rotatable bonds is 4. The van der Waals surface area contributed by atoms with Crippen LogP contribution in [0.1, 0.15) is 5.56 Å². The molecule has 0 aliphatic carbocycles. The quantitative estimate of drug-likeness (QED) is 0.662. The van der Waals surface area contributed by atoms with Crippen LogP contribution < -0.4 is 10.5 Å². The second-order valence-electron chi connectivity index (χ2n) is 3.70. The van der Waals surface area contributed by atoms with E-state index in [0.29, 0.717) is 18.0 Å². The van der Waals surface area contributed by atoms with Crippen LogP contribution in [0.4, 0.5) is 5.69 Å². The molecule has 2 aromatic carbocycles. The van der Waals surface area contributed by atoms with E-state index in [1.54, 1.807) is 12.1 Å². The van der Waals surface area contributed by atoms with Crippen molar-refractivity contribution in [3.05, 3.63) is 64.2 Å². The number of non-ortho nitro benzene ring substituents is 1. The van der Waals surface area contributed by atoms with Crippen LogP contribution in [-0.2, 0) is 6.54 Å². The maximum Gasteiger partial charge on any atom is 0.269 e. The molecule has 0 heterocycles. The van der Waals surface area contributed by atoms with Crippen molar-refractivity contribution in [1.29, 1.82) is 0 Å². The Morgan fingerprint density at radius 2 is 1.50 bits per heavy atom. The minimum Gasteiger partial charge on any atom is -0.457 e. The van der Waals surface area contributed by atoms with Gasteiger partial charge in [-0.3, -0.25) is 10.1 Å². The van der Waals surface area contributed by atoms with Crippen molar-refractivity contribution in [2.24, 2.45) is 5.73 Å². The smallest absolute Gasteiger partial charge is 0.269 e. The third-order valence-corrected chi connectivity index (χ3v) is 2.44. The molecular formula is C13H12N2O3. The van der Waals surface area contributed by atoms with Crippen LogP contribution in [-0.4, -0.2) is 4.92 Å². The zero-order valence-corrected chi connectivity index (χ0v) is 9.58. The third kappa shape index (κ3) is 2.83. The van der Waals surface area contributed by atoms with E-state index in [9.17, 15) is 10.1 Å². The minimum absolute atomic E-state index is 0.0424. The molecule has 0 radical (unpaired) electrons. The number of ether oxygens (including phenoxy) is 1. The average molecular weight is 244 g/mol. The molecule has 5 nitrogen and oxygen atoms in total. The molecule has 0 amide bonds. The first-order chi connectivity index (χ1) is 8.69. The molecule has 2 rings (SSSR count). The van der Waals surface area contributed by atoms with Crippen LogP contribution in [0.15, 0.2) is 48.5 Å². The van der Waals surface area contributed by atoms with Crippen molar-refractivity contribution in [2.45, 2.75) is 6.54 Å².